The van der Waals surface area contributed by atoms with Gasteiger partial charge in [-0.1, -0.05) is 42.1 Å². The van der Waals surface area contributed by atoms with Gasteiger partial charge in [0.05, 0.1) is 5.75 Å². The fraction of sp³-hybridized carbons (Fsp3) is 0.0714. The second kappa shape index (κ2) is 5.50. The third-order valence-corrected chi connectivity index (χ3v) is 4.30. The van der Waals surface area contributed by atoms with Crippen molar-refractivity contribution in [1.82, 2.24) is 9.97 Å². The molecule has 0 fully saturated rings. The molecule has 2 aromatic heterocycles. The van der Waals surface area contributed by atoms with Crippen molar-refractivity contribution in [2.45, 2.75) is 5.16 Å². The Balaban J connectivity index is 1.70. The molecule has 19 heavy (non-hydrogen) atoms. The molecule has 3 aromatic rings. The highest BCUT2D eigenvalue weighted by Gasteiger charge is 2.08. The average molecular weight is 286 g/mol. The normalized spacial score (nSPS) is 10.7. The first-order chi connectivity index (χ1) is 9.33. The summed E-state index contributed by atoms with van der Waals surface area (Å²) < 4.78 is 0. The second-order valence-electron chi connectivity index (χ2n) is 3.91. The van der Waals surface area contributed by atoms with Crippen LogP contribution in [0.1, 0.15) is 10.4 Å². The van der Waals surface area contributed by atoms with Gasteiger partial charge in [0, 0.05) is 17.1 Å². The van der Waals surface area contributed by atoms with Gasteiger partial charge in [-0.25, -0.2) is 9.97 Å². The van der Waals surface area contributed by atoms with Crippen molar-refractivity contribution in [2.75, 3.05) is 5.75 Å². The Labute approximate surface area is 118 Å². The first kappa shape index (κ1) is 12.3. The molecule has 3 nitrogen and oxygen atoms in total. The van der Waals surface area contributed by atoms with Gasteiger partial charge in [-0.3, -0.25) is 4.79 Å². The van der Waals surface area contributed by atoms with Crippen LogP contribution in [0.15, 0.2) is 53.1 Å². The van der Waals surface area contributed by atoms with E-state index >= 15 is 0 Å². The zero-order chi connectivity index (χ0) is 13.1. The molecule has 0 aliphatic heterocycles. The minimum Gasteiger partial charge on any atom is -0.293 e. The van der Waals surface area contributed by atoms with Crippen LogP contribution < -0.4 is 0 Å². The summed E-state index contributed by atoms with van der Waals surface area (Å²) >= 11 is 2.96. The molecular weight excluding hydrogens is 276 g/mol. The van der Waals surface area contributed by atoms with E-state index < -0.39 is 0 Å². The van der Waals surface area contributed by atoms with Crippen LogP contribution in [0, 0.1) is 0 Å². The lowest BCUT2D eigenvalue weighted by atomic mass is 10.2. The molecule has 0 saturated carbocycles. The number of aromatic nitrogens is 2. The topological polar surface area (TPSA) is 42.9 Å². The lowest BCUT2D eigenvalue weighted by molar-refractivity contribution is 0.102. The number of ketones is 1. The number of thiophene rings is 1. The molecule has 0 amide bonds. The Bertz CT molecular complexity index is 710. The van der Waals surface area contributed by atoms with E-state index in [0.717, 1.165) is 15.8 Å². The summed E-state index contributed by atoms with van der Waals surface area (Å²) in [6, 6.07) is 11.3. The van der Waals surface area contributed by atoms with Crippen LogP contribution in [-0.4, -0.2) is 21.5 Å². The maximum Gasteiger partial charge on any atom is 0.189 e. The van der Waals surface area contributed by atoms with Gasteiger partial charge < -0.3 is 0 Å². The Morgan fingerprint density at radius 3 is 2.89 bits per heavy atom. The number of fused-ring (bicyclic) bond motifs is 1. The van der Waals surface area contributed by atoms with E-state index in [0.29, 0.717) is 10.9 Å². The number of benzene rings is 1. The summed E-state index contributed by atoms with van der Waals surface area (Å²) in [7, 11) is 0. The van der Waals surface area contributed by atoms with Gasteiger partial charge in [0.25, 0.3) is 0 Å². The number of rotatable bonds is 4. The molecule has 3 rings (SSSR count). The van der Waals surface area contributed by atoms with E-state index in [9.17, 15) is 4.79 Å². The first-order valence-corrected chi connectivity index (χ1v) is 7.61. The highest BCUT2D eigenvalue weighted by Crippen LogP contribution is 2.21. The van der Waals surface area contributed by atoms with Crippen molar-refractivity contribution in [2.24, 2.45) is 0 Å². The van der Waals surface area contributed by atoms with Gasteiger partial charge in [-0.15, -0.1) is 11.3 Å². The minimum absolute atomic E-state index is 0.0977. The first-order valence-electron chi connectivity index (χ1n) is 5.74. The van der Waals surface area contributed by atoms with Crippen molar-refractivity contribution in [3.05, 3.63) is 53.5 Å². The van der Waals surface area contributed by atoms with Gasteiger partial charge in [0.2, 0.25) is 0 Å². The Hall–Kier alpha value is -1.72. The zero-order valence-electron chi connectivity index (χ0n) is 9.95. The standard InChI is InChI=1S/C14H10N2OS2/c17-12(10-4-2-1-3-5-10)9-19-14-15-8-11-6-7-18-13(11)16-14/h1-8H,9H2. The molecule has 0 radical (unpaired) electrons. The fourth-order valence-electron chi connectivity index (χ4n) is 1.65. The fourth-order valence-corrected chi connectivity index (χ4v) is 3.16. The van der Waals surface area contributed by atoms with E-state index in [1.807, 2.05) is 41.8 Å². The van der Waals surface area contributed by atoms with E-state index in [4.69, 9.17) is 0 Å². The minimum atomic E-state index is 0.0977. The summed E-state index contributed by atoms with van der Waals surface area (Å²) in [5.41, 5.74) is 0.729. The Morgan fingerprint density at radius 2 is 2.05 bits per heavy atom. The number of nitrogens with zero attached hydrogens (tertiary/aromatic N) is 2. The second-order valence-corrected chi connectivity index (χ2v) is 5.75. The van der Waals surface area contributed by atoms with Crippen molar-refractivity contribution >= 4 is 39.1 Å². The van der Waals surface area contributed by atoms with Crippen LogP contribution in [0.3, 0.4) is 0 Å². The molecule has 5 heteroatoms. The molecule has 0 aliphatic rings. The lowest BCUT2D eigenvalue weighted by Gasteiger charge is -2.00. The maximum atomic E-state index is 12.0. The van der Waals surface area contributed by atoms with Crippen LogP contribution in [0.5, 0.6) is 0 Å². The van der Waals surface area contributed by atoms with E-state index in [1.165, 1.54) is 11.8 Å². The smallest absolute Gasteiger partial charge is 0.189 e. The third kappa shape index (κ3) is 2.83. The number of hydrogen-bond donors (Lipinski definition) is 0. The van der Waals surface area contributed by atoms with Crippen LogP contribution in [0.4, 0.5) is 0 Å². The van der Waals surface area contributed by atoms with Gasteiger partial charge in [0.1, 0.15) is 4.83 Å². The van der Waals surface area contributed by atoms with Gasteiger partial charge >= 0.3 is 0 Å². The van der Waals surface area contributed by atoms with Crippen molar-refractivity contribution < 1.29 is 4.79 Å². The van der Waals surface area contributed by atoms with Gasteiger partial charge in [0.15, 0.2) is 10.9 Å². The highest BCUT2D eigenvalue weighted by molar-refractivity contribution is 7.99. The Kier molecular flexibility index (Phi) is 3.57. The quantitative estimate of drug-likeness (QED) is 0.417. The number of Topliss-reactive ketones (excluding diaryl/α,β-unsaturated/α-hetero) is 1. The molecule has 0 atom stereocenters. The summed E-state index contributed by atoms with van der Waals surface area (Å²) in [5, 5.41) is 3.69. The third-order valence-electron chi connectivity index (χ3n) is 2.61. The van der Waals surface area contributed by atoms with Crippen LogP contribution in [0.25, 0.3) is 10.2 Å². The molecule has 1 aromatic carbocycles. The van der Waals surface area contributed by atoms with Crippen LogP contribution in [-0.2, 0) is 0 Å². The summed E-state index contributed by atoms with van der Waals surface area (Å²) in [4.78, 5) is 21.6. The van der Waals surface area contributed by atoms with Gasteiger partial charge in [-0.2, -0.15) is 0 Å². The average Bonchev–Trinajstić information content (AvgIpc) is 2.93. The summed E-state index contributed by atoms with van der Waals surface area (Å²) in [6.45, 7) is 0. The van der Waals surface area contributed by atoms with E-state index in [-0.39, 0.29) is 5.78 Å². The molecular formula is C14H10N2OS2. The summed E-state index contributed by atoms with van der Waals surface area (Å²) in [6.07, 6.45) is 1.80. The maximum absolute atomic E-state index is 12.0. The van der Waals surface area contributed by atoms with Gasteiger partial charge in [-0.05, 0) is 11.4 Å². The highest BCUT2D eigenvalue weighted by atomic mass is 32.2. The van der Waals surface area contributed by atoms with Crippen LogP contribution >= 0.6 is 23.1 Å². The number of thioether (sulfide) groups is 1. The van der Waals surface area contributed by atoms with Crippen molar-refractivity contribution in [3.8, 4) is 0 Å². The molecule has 2 heterocycles. The zero-order valence-corrected chi connectivity index (χ0v) is 11.6. The Morgan fingerprint density at radius 1 is 1.21 bits per heavy atom. The number of carbonyl (C=O) groups excluding carboxylic acids is 1. The molecule has 0 N–H and O–H groups in total. The molecule has 0 unspecified atom stereocenters. The summed E-state index contributed by atoms with van der Waals surface area (Å²) in [5.74, 6) is 0.460. The van der Waals surface area contributed by atoms with Crippen molar-refractivity contribution in [1.29, 1.82) is 0 Å². The monoisotopic (exact) mass is 286 g/mol. The molecule has 0 spiro atoms. The van der Waals surface area contributed by atoms with E-state index in [1.54, 1.807) is 17.5 Å². The van der Waals surface area contributed by atoms with Crippen molar-refractivity contribution in [3.63, 3.8) is 0 Å². The largest absolute Gasteiger partial charge is 0.293 e. The molecule has 0 saturated heterocycles. The molecule has 94 valence electrons. The molecule has 0 bridgehead atoms. The molecule has 0 aliphatic carbocycles. The number of hydrogen-bond acceptors (Lipinski definition) is 5. The lowest BCUT2D eigenvalue weighted by Crippen LogP contribution is -2.02. The predicted octanol–water partition coefficient (Wildman–Crippen LogP) is 3.67. The number of carbonyl (C=O) groups is 1. The SMILES string of the molecule is O=C(CSc1ncc2ccsc2n1)c1ccccc1. The van der Waals surface area contributed by atoms with Crippen LogP contribution in [0.2, 0.25) is 0 Å². The predicted molar refractivity (Wildman–Crippen MR) is 78.9 cm³/mol. The van der Waals surface area contributed by atoms with E-state index in [2.05, 4.69) is 9.97 Å².